The Kier molecular flexibility index (Phi) is 5.86. The van der Waals surface area contributed by atoms with Crippen LogP contribution < -0.4 is 5.32 Å². The highest BCUT2D eigenvalue weighted by Gasteiger charge is 2.25. The first-order valence-electron chi connectivity index (χ1n) is 10.4. The van der Waals surface area contributed by atoms with Crippen molar-refractivity contribution in [2.45, 2.75) is 39.2 Å². The number of aromatic nitrogens is 1. The number of carbonyl (C=O) groups is 1. The predicted octanol–water partition coefficient (Wildman–Crippen LogP) is 4.64. The van der Waals surface area contributed by atoms with E-state index in [1.165, 1.54) is 30.7 Å². The van der Waals surface area contributed by atoms with E-state index in [1.54, 1.807) is 6.26 Å². The minimum Gasteiger partial charge on any atom is -0.468 e. The molecule has 5 heteroatoms. The lowest BCUT2D eigenvalue weighted by atomic mass is 10.1. The molecule has 0 aliphatic carbocycles. The van der Waals surface area contributed by atoms with Crippen molar-refractivity contribution in [3.8, 4) is 5.69 Å². The van der Waals surface area contributed by atoms with Gasteiger partial charge in [-0.15, -0.1) is 0 Å². The molecule has 3 aromatic rings. The Morgan fingerprint density at radius 3 is 2.31 bits per heavy atom. The van der Waals surface area contributed by atoms with Crippen LogP contribution in [0.4, 0.5) is 0 Å². The van der Waals surface area contributed by atoms with Gasteiger partial charge in [0, 0.05) is 29.2 Å². The van der Waals surface area contributed by atoms with Crippen LogP contribution in [0.1, 0.15) is 52.8 Å². The maximum Gasteiger partial charge on any atom is 0.251 e. The Morgan fingerprint density at radius 2 is 1.69 bits per heavy atom. The lowest BCUT2D eigenvalue weighted by molar-refractivity contribution is 0.0914. The van der Waals surface area contributed by atoms with Crippen LogP contribution in [-0.4, -0.2) is 35.0 Å². The number of piperidine rings is 1. The number of aryl methyl sites for hydroxylation is 2. The smallest absolute Gasteiger partial charge is 0.251 e. The van der Waals surface area contributed by atoms with Crippen LogP contribution in [0.25, 0.3) is 5.69 Å². The molecule has 0 unspecified atom stereocenters. The van der Waals surface area contributed by atoms with E-state index in [-0.39, 0.29) is 11.9 Å². The molecule has 0 radical (unpaired) electrons. The summed E-state index contributed by atoms with van der Waals surface area (Å²) in [5.41, 5.74) is 4.11. The second kappa shape index (κ2) is 8.70. The molecule has 1 aliphatic heterocycles. The summed E-state index contributed by atoms with van der Waals surface area (Å²) in [6, 6.07) is 16.0. The van der Waals surface area contributed by atoms with Crippen molar-refractivity contribution < 1.29 is 9.21 Å². The molecule has 1 N–H and O–H groups in total. The zero-order chi connectivity index (χ0) is 20.2. The number of benzene rings is 1. The summed E-state index contributed by atoms with van der Waals surface area (Å²) < 4.78 is 7.86. The Morgan fingerprint density at radius 1 is 1.00 bits per heavy atom. The van der Waals surface area contributed by atoms with Crippen LogP contribution in [0.2, 0.25) is 0 Å². The fraction of sp³-hybridized carbons (Fsp3) is 0.375. The minimum atomic E-state index is -0.0499. The van der Waals surface area contributed by atoms with Crippen LogP contribution in [0.3, 0.4) is 0 Å². The van der Waals surface area contributed by atoms with E-state index in [0.717, 1.165) is 24.5 Å². The van der Waals surface area contributed by atoms with Gasteiger partial charge in [0.25, 0.3) is 5.91 Å². The third-order valence-corrected chi connectivity index (χ3v) is 5.82. The van der Waals surface area contributed by atoms with Crippen molar-refractivity contribution in [2.24, 2.45) is 0 Å². The summed E-state index contributed by atoms with van der Waals surface area (Å²) in [5.74, 6) is 0.868. The van der Waals surface area contributed by atoms with E-state index in [1.807, 2.05) is 36.4 Å². The van der Waals surface area contributed by atoms with Gasteiger partial charge in [0.05, 0.1) is 12.3 Å². The van der Waals surface area contributed by atoms with E-state index in [2.05, 4.69) is 40.8 Å². The predicted molar refractivity (Wildman–Crippen MR) is 114 cm³/mol. The van der Waals surface area contributed by atoms with Crippen LogP contribution in [0, 0.1) is 13.8 Å². The van der Waals surface area contributed by atoms with Gasteiger partial charge in [-0.3, -0.25) is 9.69 Å². The second-order valence-corrected chi connectivity index (χ2v) is 7.84. The van der Waals surface area contributed by atoms with Gasteiger partial charge in [0.2, 0.25) is 0 Å². The van der Waals surface area contributed by atoms with Gasteiger partial charge in [0.15, 0.2) is 0 Å². The summed E-state index contributed by atoms with van der Waals surface area (Å²) in [5, 5.41) is 3.11. The molecule has 5 nitrogen and oxygen atoms in total. The van der Waals surface area contributed by atoms with Crippen LogP contribution in [-0.2, 0) is 0 Å². The van der Waals surface area contributed by atoms with Gasteiger partial charge in [-0.25, -0.2) is 0 Å². The minimum absolute atomic E-state index is 0.0499. The average molecular weight is 392 g/mol. The number of likely N-dealkylation sites (tertiary alicyclic amines) is 1. The van der Waals surface area contributed by atoms with Crippen LogP contribution in [0.15, 0.2) is 59.2 Å². The van der Waals surface area contributed by atoms with Crippen molar-refractivity contribution in [3.63, 3.8) is 0 Å². The van der Waals surface area contributed by atoms with Gasteiger partial charge < -0.3 is 14.3 Å². The molecular weight excluding hydrogens is 362 g/mol. The van der Waals surface area contributed by atoms with E-state index >= 15 is 0 Å². The fourth-order valence-corrected chi connectivity index (χ4v) is 4.25. The van der Waals surface area contributed by atoms with Gasteiger partial charge in [0.1, 0.15) is 5.76 Å². The summed E-state index contributed by atoms with van der Waals surface area (Å²) in [6.45, 7) is 6.81. The monoisotopic (exact) mass is 391 g/mol. The second-order valence-electron chi connectivity index (χ2n) is 7.84. The number of rotatable bonds is 6. The molecule has 29 heavy (non-hydrogen) atoms. The van der Waals surface area contributed by atoms with Crippen molar-refractivity contribution in [1.82, 2.24) is 14.8 Å². The SMILES string of the molecule is Cc1ccc(C)n1-c1ccc(C(=O)NC[C@H](c2ccco2)N2CCCCC2)cc1. The maximum atomic E-state index is 12.8. The summed E-state index contributed by atoms with van der Waals surface area (Å²) >= 11 is 0. The van der Waals surface area contributed by atoms with E-state index < -0.39 is 0 Å². The summed E-state index contributed by atoms with van der Waals surface area (Å²) in [7, 11) is 0. The van der Waals surface area contributed by atoms with E-state index in [9.17, 15) is 4.79 Å². The molecule has 1 saturated heterocycles. The number of nitrogens with zero attached hydrogens (tertiary/aromatic N) is 2. The van der Waals surface area contributed by atoms with Crippen LogP contribution in [0.5, 0.6) is 0 Å². The number of carbonyl (C=O) groups excluding carboxylic acids is 1. The number of amides is 1. The molecule has 0 saturated carbocycles. The van der Waals surface area contributed by atoms with Crippen molar-refractivity contribution in [2.75, 3.05) is 19.6 Å². The lowest BCUT2D eigenvalue weighted by Gasteiger charge is -2.33. The van der Waals surface area contributed by atoms with E-state index in [0.29, 0.717) is 12.1 Å². The summed E-state index contributed by atoms with van der Waals surface area (Å²) in [6.07, 6.45) is 5.38. The highest BCUT2D eigenvalue weighted by molar-refractivity contribution is 5.94. The number of furan rings is 1. The van der Waals surface area contributed by atoms with E-state index in [4.69, 9.17) is 4.42 Å². The molecule has 1 aromatic carbocycles. The van der Waals surface area contributed by atoms with Crippen molar-refractivity contribution in [1.29, 1.82) is 0 Å². The Balaban J connectivity index is 1.44. The van der Waals surface area contributed by atoms with Crippen molar-refractivity contribution >= 4 is 5.91 Å². The van der Waals surface area contributed by atoms with Gasteiger partial charge in [-0.1, -0.05) is 6.42 Å². The third kappa shape index (κ3) is 4.30. The highest BCUT2D eigenvalue weighted by atomic mass is 16.3. The fourth-order valence-electron chi connectivity index (χ4n) is 4.25. The number of hydrogen-bond donors (Lipinski definition) is 1. The normalized spacial score (nSPS) is 15.9. The largest absolute Gasteiger partial charge is 0.468 e. The molecule has 0 bridgehead atoms. The molecule has 3 heterocycles. The van der Waals surface area contributed by atoms with Crippen LogP contribution >= 0.6 is 0 Å². The molecule has 1 atom stereocenters. The Hall–Kier alpha value is -2.79. The molecular formula is C24H29N3O2. The maximum absolute atomic E-state index is 12.8. The molecule has 4 rings (SSSR count). The average Bonchev–Trinajstić information content (AvgIpc) is 3.39. The Labute approximate surface area is 172 Å². The van der Waals surface area contributed by atoms with Gasteiger partial charge in [-0.05, 0) is 88.3 Å². The standard InChI is InChI=1S/C24H29N3O2/c1-18-8-9-19(2)27(18)21-12-10-20(11-13-21)24(28)25-17-22(23-7-6-16-29-23)26-14-4-3-5-15-26/h6-13,16,22H,3-5,14-15,17H2,1-2H3,(H,25,28)/t22-/m1/s1. The van der Waals surface area contributed by atoms with Gasteiger partial charge in [-0.2, -0.15) is 0 Å². The zero-order valence-corrected chi connectivity index (χ0v) is 17.2. The molecule has 1 aliphatic rings. The molecule has 0 spiro atoms. The van der Waals surface area contributed by atoms with Crippen molar-refractivity contribution in [3.05, 3.63) is 77.5 Å². The Bertz CT molecular complexity index is 916. The highest BCUT2D eigenvalue weighted by Crippen LogP contribution is 2.24. The quantitative estimate of drug-likeness (QED) is 0.666. The number of hydrogen-bond acceptors (Lipinski definition) is 3. The third-order valence-electron chi connectivity index (χ3n) is 5.82. The summed E-state index contributed by atoms with van der Waals surface area (Å²) in [4.78, 5) is 15.2. The first kappa shape index (κ1) is 19.5. The topological polar surface area (TPSA) is 50.4 Å². The number of nitrogens with one attached hydrogen (secondary N) is 1. The molecule has 152 valence electrons. The zero-order valence-electron chi connectivity index (χ0n) is 17.2. The van der Waals surface area contributed by atoms with Gasteiger partial charge >= 0.3 is 0 Å². The first-order chi connectivity index (χ1) is 14.1. The first-order valence-corrected chi connectivity index (χ1v) is 10.4. The lowest BCUT2D eigenvalue weighted by Crippen LogP contribution is -2.40. The molecule has 1 amide bonds. The molecule has 1 fully saturated rings. The molecule has 2 aromatic heterocycles.